The van der Waals surface area contributed by atoms with Crippen molar-refractivity contribution >= 4 is 114 Å². The van der Waals surface area contributed by atoms with E-state index < -0.39 is 0 Å². The fourth-order valence-corrected chi connectivity index (χ4v) is 17.5. The highest BCUT2D eigenvalue weighted by Gasteiger charge is 2.22. The number of aromatic nitrogens is 8. The maximum Gasteiger partial charge on any atom is 0.114 e. The molecule has 3 aromatic carbocycles. The van der Waals surface area contributed by atoms with Gasteiger partial charge in [0.1, 0.15) is 33.1 Å². The summed E-state index contributed by atoms with van der Waals surface area (Å²) in [6.45, 7) is 6.57. The molecular formula is C66H70N8S7. The summed E-state index contributed by atoms with van der Waals surface area (Å²) < 4.78 is 33.6. The lowest BCUT2D eigenvalue weighted by molar-refractivity contribution is 0.538. The molecule has 0 fully saturated rings. The Morgan fingerprint density at radius 1 is 0.272 bits per heavy atom. The van der Waals surface area contributed by atoms with Crippen LogP contribution in [0.3, 0.4) is 0 Å². The molecule has 81 heavy (non-hydrogen) atoms. The lowest BCUT2D eigenvalue weighted by atomic mass is 10.1. The molecule has 0 spiro atoms. The van der Waals surface area contributed by atoms with Gasteiger partial charge in [-0.25, -0.2) is 0 Å². The van der Waals surface area contributed by atoms with Crippen LogP contribution in [0.5, 0.6) is 0 Å². The summed E-state index contributed by atoms with van der Waals surface area (Å²) in [6.07, 6.45) is 26.4. The number of rotatable bonds is 30. The van der Waals surface area contributed by atoms with Gasteiger partial charge >= 0.3 is 0 Å². The fourth-order valence-electron chi connectivity index (χ4n) is 11.5. The van der Waals surface area contributed by atoms with Gasteiger partial charge in [0.2, 0.25) is 0 Å². The summed E-state index contributed by atoms with van der Waals surface area (Å²) in [5.41, 5.74) is 15.6. The Morgan fingerprint density at radius 2 is 0.556 bits per heavy atom. The van der Waals surface area contributed by atoms with Gasteiger partial charge in [-0.2, -0.15) is 26.2 Å². The first-order valence-electron chi connectivity index (χ1n) is 29.6. The average Bonchev–Trinajstić information content (AvgIpc) is 4.52. The lowest BCUT2D eigenvalue weighted by Gasteiger charge is -2.13. The Morgan fingerprint density at radius 3 is 0.901 bits per heavy atom. The van der Waals surface area contributed by atoms with Gasteiger partial charge in [-0.1, -0.05) is 166 Å². The molecule has 0 unspecified atom stereocenters. The molecule has 0 amide bonds. The minimum absolute atomic E-state index is 0.962. The Kier molecular flexibility index (Phi) is 18.8. The predicted octanol–water partition coefficient (Wildman–Crippen LogP) is 22.7. The first kappa shape index (κ1) is 56.0. The van der Waals surface area contributed by atoms with Crippen LogP contribution < -0.4 is 0 Å². The molecule has 9 heterocycles. The molecule has 15 heteroatoms. The molecule has 416 valence electrons. The van der Waals surface area contributed by atoms with Gasteiger partial charge in [0.05, 0.1) is 77.5 Å². The molecule has 12 rings (SSSR count). The first-order valence-corrected chi connectivity index (χ1v) is 35.1. The van der Waals surface area contributed by atoms with Crippen molar-refractivity contribution in [2.75, 3.05) is 0 Å². The summed E-state index contributed by atoms with van der Waals surface area (Å²) in [5, 5.41) is 0. The molecule has 0 saturated carbocycles. The number of thiophene rings is 4. The number of nitrogens with zero attached hydrogens (tertiary/aromatic N) is 8. The molecule has 0 aliphatic rings. The molecule has 9 aromatic heterocycles. The van der Waals surface area contributed by atoms with Gasteiger partial charge in [-0.3, -0.25) is 0 Å². The number of unbranched alkanes of at least 4 members (excludes halogenated alkanes) is 18. The highest BCUT2D eigenvalue weighted by Crippen LogP contribution is 2.46. The lowest BCUT2D eigenvalue weighted by Crippen LogP contribution is -2.01. The van der Waals surface area contributed by atoms with Crippen LogP contribution >= 0.6 is 80.5 Å². The second-order valence-electron chi connectivity index (χ2n) is 21.5. The van der Waals surface area contributed by atoms with E-state index in [9.17, 15) is 0 Å². The third kappa shape index (κ3) is 12.7. The van der Waals surface area contributed by atoms with Gasteiger partial charge in [0, 0.05) is 54.9 Å². The Hall–Kier alpha value is -5.52. The van der Waals surface area contributed by atoms with Crippen molar-refractivity contribution in [1.82, 2.24) is 35.4 Å². The number of benzene rings is 3. The maximum atomic E-state index is 5.01. The first-order chi connectivity index (χ1) is 40.1. The summed E-state index contributed by atoms with van der Waals surface area (Å²) in [5.74, 6) is 0. The normalized spacial score (nSPS) is 11.9. The van der Waals surface area contributed by atoms with Gasteiger partial charge in [-0.15, -0.1) is 45.3 Å². The molecule has 8 nitrogen and oxygen atoms in total. The third-order valence-corrected chi connectivity index (χ3v) is 22.1. The second kappa shape index (κ2) is 27.3. The van der Waals surface area contributed by atoms with Crippen molar-refractivity contribution in [1.29, 1.82) is 0 Å². The van der Waals surface area contributed by atoms with E-state index in [0.29, 0.717) is 0 Å². The van der Waals surface area contributed by atoms with Crippen LogP contribution in [0, 0.1) is 0 Å². The summed E-state index contributed by atoms with van der Waals surface area (Å²) >= 11 is 11.3. The Bertz CT molecular complexity index is 3690. The second-order valence-corrected chi connectivity index (χ2v) is 27.4. The number of hydrogen-bond acceptors (Lipinski definition) is 13. The Balaban J connectivity index is 0.791. The van der Waals surface area contributed by atoms with E-state index >= 15 is 0 Å². The largest absolute Gasteiger partial charge is 0.339 e. The quantitative estimate of drug-likeness (QED) is 0.0417. The summed E-state index contributed by atoms with van der Waals surface area (Å²) in [7, 11) is 0. The monoisotopic (exact) mass is 1200 g/mol. The van der Waals surface area contributed by atoms with Crippen molar-refractivity contribution in [2.45, 2.75) is 155 Å². The van der Waals surface area contributed by atoms with Crippen LogP contribution in [0.2, 0.25) is 0 Å². The van der Waals surface area contributed by atoms with Crippen LogP contribution in [0.4, 0.5) is 0 Å². The highest BCUT2D eigenvalue weighted by molar-refractivity contribution is 7.20. The molecular weight excluding hydrogens is 1130 g/mol. The van der Waals surface area contributed by atoms with Crippen LogP contribution in [0.25, 0.3) is 117 Å². The van der Waals surface area contributed by atoms with Crippen LogP contribution in [-0.2, 0) is 13.1 Å². The van der Waals surface area contributed by atoms with E-state index in [1.54, 1.807) is 0 Å². The van der Waals surface area contributed by atoms with E-state index in [4.69, 9.17) is 8.75 Å². The Labute approximate surface area is 505 Å². The zero-order chi connectivity index (χ0) is 54.7. The molecule has 0 saturated heterocycles. The van der Waals surface area contributed by atoms with Gasteiger partial charge in [0.25, 0.3) is 0 Å². The van der Waals surface area contributed by atoms with E-state index in [1.807, 2.05) is 45.3 Å². The van der Waals surface area contributed by atoms with E-state index in [-0.39, 0.29) is 0 Å². The SMILES string of the molecule is CCCCCCCCCCCCn1c(-c2ccc(-c3cccc4nsnc34)s2)ccc1-c1ccc(-c2ccc(-c3ccc(-c4ccc(-c5ccc(-c6cccc7nsnc67)s5)n4CCCCCCCCCCCC)s3)c3nsnc23)s1. The highest BCUT2D eigenvalue weighted by atomic mass is 32.1. The van der Waals surface area contributed by atoms with Crippen LogP contribution in [0.15, 0.2) is 121 Å². The van der Waals surface area contributed by atoms with Crippen molar-refractivity contribution in [3.8, 4) is 84.0 Å². The molecule has 0 N–H and O–H groups in total. The van der Waals surface area contributed by atoms with Crippen LogP contribution in [0.1, 0.15) is 142 Å². The summed E-state index contributed by atoms with van der Waals surface area (Å²) in [6, 6.07) is 45.0. The van der Waals surface area contributed by atoms with E-state index in [1.165, 1.54) is 213 Å². The van der Waals surface area contributed by atoms with Crippen molar-refractivity contribution < 1.29 is 0 Å². The van der Waals surface area contributed by atoms with Crippen LogP contribution in [-0.4, -0.2) is 35.4 Å². The number of fused-ring (bicyclic) bond motifs is 3. The minimum atomic E-state index is 0.962. The average molecular weight is 1200 g/mol. The van der Waals surface area contributed by atoms with Crippen molar-refractivity contribution in [2.24, 2.45) is 0 Å². The predicted molar refractivity (Wildman–Crippen MR) is 354 cm³/mol. The topological polar surface area (TPSA) is 87.2 Å². The van der Waals surface area contributed by atoms with Crippen molar-refractivity contribution in [3.05, 3.63) is 121 Å². The smallest absolute Gasteiger partial charge is 0.114 e. The minimum Gasteiger partial charge on any atom is -0.339 e. The van der Waals surface area contributed by atoms with E-state index in [0.717, 1.165) is 81.3 Å². The van der Waals surface area contributed by atoms with Gasteiger partial charge in [0.15, 0.2) is 0 Å². The van der Waals surface area contributed by atoms with E-state index in [2.05, 4.69) is 162 Å². The molecule has 0 radical (unpaired) electrons. The zero-order valence-corrected chi connectivity index (χ0v) is 52.3. The zero-order valence-electron chi connectivity index (χ0n) is 46.5. The molecule has 0 bridgehead atoms. The molecule has 0 aliphatic heterocycles. The molecule has 0 atom stereocenters. The van der Waals surface area contributed by atoms with Gasteiger partial charge in [-0.05, 0) is 97.8 Å². The van der Waals surface area contributed by atoms with Gasteiger partial charge < -0.3 is 9.13 Å². The fraction of sp³-hybridized carbons (Fsp3) is 0.364. The summed E-state index contributed by atoms with van der Waals surface area (Å²) in [4.78, 5) is 9.99. The number of hydrogen-bond donors (Lipinski definition) is 0. The standard InChI is InChI=1S/C66H70N8S7/c1-3-5-7-9-11-13-15-17-19-21-43-73-51(59-39-35-55(75-59)45-25-23-27-49-63(45)69-79-67-49)31-33-53(73)61-41-37-57(77-61)47-29-30-48(66-65(47)71-81-72-66)58-38-42-62(78-58)54-34-32-52(74(54)44-22-20-18-16-14-12-10-8-6-4-2)60-40-36-56(76-60)46-26-24-28-50-64(46)70-80-68-50/h23-42H,3-22,43-44H2,1-2H3. The van der Waals surface area contributed by atoms with Crippen molar-refractivity contribution in [3.63, 3.8) is 0 Å². The molecule has 12 aromatic rings. The maximum absolute atomic E-state index is 5.01. The third-order valence-electron chi connectivity index (χ3n) is 15.9. The molecule has 0 aliphatic carbocycles.